The van der Waals surface area contributed by atoms with Crippen molar-refractivity contribution in [3.05, 3.63) is 211 Å². The number of rotatable bonds is 5. The molecule has 0 fully saturated rings. The number of para-hydroxylation sites is 1. The van der Waals surface area contributed by atoms with Gasteiger partial charge in [-0.3, -0.25) is 4.57 Å². The molecule has 1 N–H and O–H groups in total. The van der Waals surface area contributed by atoms with Gasteiger partial charge in [0, 0.05) is 32.8 Å². The molecule has 2 aromatic heterocycles. The van der Waals surface area contributed by atoms with E-state index in [0.717, 1.165) is 55.6 Å². The normalized spacial score (nSPS) is 14.2. The lowest BCUT2D eigenvalue weighted by Gasteiger charge is -2.25. The van der Waals surface area contributed by atoms with E-state index >= 15 is 0 Å². The summed E-state index contributed by atoms with van der Waals surface area (Å²) in [6.07, 6.45) is -0.345. The van der Waals surface area contributed by atoms with Crippen molar-refractivity contribution < 1.29 is 0 Å². The molecule has 1 aliphatic heterocycles. The molecule has 0 aliphatic carbocycles. The minimum absolute atomic E-state index is 0.345. The summed E-state index contributed by atoms with van der Waals surface area (Å²) in [5.41, 5.74) is 12.3. The Labute approximate surface area is 324 Å². The minimum atomic E-state index is -0.345. The predicted molar refractivity (Wildman–Crippen MR) is 233 cm³/mol. The lowest BCUT2D eigenvalue weighted by molar-refractivity contribution is 0.661. The molecule has 0 amide bonds. The molecule has 0 radical (unpaired) electrons. The molecule has 56 heavy (non-hydrogen) atoms. The average Bonchev–Trinajstić information content (AvgIpc) is 3.80. The summed E-state index contributed by atoms with van der Waals surface area (Å²) in [5, 5.41) is 8.48. The zero-order valence-corrected chi connectivity index (χ0v) is 30.4. The number of aromatic nitrogens is 2. The molecule has 1 unspecified atom stereocenters. The Balaban J connectivity index is 1.27. The topological polar surface area (TPSA) is 46.6 Å². The summed E-state index contributed by atoms with van der Waals surface area (Å²) in [6, 6.07) is 71.0. The van der Waals surface area contributed by atoms with Crippen LogP contribution in [-0.4, -0.2) is 20.9 Å². The Bertz CT molecular complexity index is 3130. The van der Waals surface area contributed by atoms with E-state index in [2.05, 4.69) is 190 Å². The van der Waals surface area contributed by atoms with Gasteiger partial charge in [0.25, 0.3) is 0 Å². The number of hydrogen-bond acceptors (Lipinski definition) is 3. The van der Waals surface area contributed by atoms with Crippen LogP contribution in [0.1, 0.15) is 17.3 Å². The Morgan fingerprint density at radius 3 is 1.41 bits per heavy atom. The van der Waals surface area contributed by atoms with Crippen LogP contribution < -0.4 is 5.32 Å². The van der Waals surface area contributed by atoms with Crippen molar-refractivity contribution in [1.29, 1.82) is 0 Å². The smallest absolute Gasteiger partial charge is 0.212 e. The van der Waals surface area contributed by atoms with Crippen LogP contribution >= 0.6 is 0 Å². The molecule has 0 saturated carbocycles. The number of fused-ring (bicyclic) bond motifs is 7. The Morgan fingerprint density at radius 1 is 0.393 bits per heavy atom. The quantitative estimate of drug-likeness (QED) is 0.189. The molecule has 8 aromatic carbocycles. The monoisotopic (exact) mass is 717 g/mol. The Kier molecular flexibility index (Phi) is 7.49. The van der Waals surface area contributed by atoms with Gasteiger partial charge >= 0.3 is 0 Å². The SMILES string of the molecule is c1ccc(C2=NC(c3ccccc3)NC(n3c4ccc(-c5ccccc5)cc4c4ccc5c6cc(-c7ccccc7)ccc6n(-c6ccccc6)c5c43)=N2)cc1. The lowest BCUT2D eigenvalue weighted by Crippen LogP contribution is -2.37. The fourth-order valence-corrected chi connectivity index (χ4v) is 8.36. The molecule has 0 bridgehead atoms. The van der Waals surface area contributed by atoms with E-state index in [-0.39, 0.29) is 6.17 Å². The fraction of sp³-hybridized carbons (Fsp3) is 0.0196. The maximum atomic E-state index is 5.38. The van der Waals surface area contributed by atoms with Crippen LogP contribution in [0.25, 0.3) is 71.6 Å². The molecular weight excluding hydrogens is 683 g/mol. The molecular formula is C51H35N5. The zero-order chi connectivity index (χ0) is 37.0. The van der Waals surface area contributed by atoms with Crippen molar-refractivity contribution in [2.75, 3.05) is 0 Å². The van der Waals surface area contributed by atoms with Crippen molar-refractivity contribution in [1.82, 2.24) is 14.5 Å². The van der Waals surface area contributed by atoms with Gasteiger partial charge in [0.1, 0.15) is 6.17 Å². The van der Waals surface area contributed by atoms with Crippen LogP contribution in [0.5, 0.6) is 0 Å². The number of benzene rings is 8. The first-order chi connectivity index (χ1) is 27.8. The van der Waals surface area contributed by atoms with E-state index in [1.54, 1.807) is 0 Å². The van der Waals surface area contributed by atoms with E-state index in [1.165, 1.54) is 33.0 Å². The van der Waals surface area contributed by atoms with Gasteiger partial charge in [-0.15, -0.1) is 0 Å². The molecule has 3 heterocycles. The summed E-state index contributed by atoms with van der Waals surface area (Å²) in [4.78, 5) is 10.6. The highest BCUT2D eigenvalue weighted by Crippen LogP contribution is 2.42. The van der Waals surface area contributed by atoms with Crippen molar-refractivity contribution in [2.24, 2.45) is 9.98 Å². The summed E-state index contributed by atoms with van der Waals surface area (Å²) >= 11 is 0. The minimum Gasteiger partial charge on any atom is -0.330 e. The predicted octanol–water partition coefficient (Wildman–Crippen LogP) is 12.2. The number of nitrogens with zero attached hydrogens (tertiary/aromatic N) is 4. The number of nitrogens with one attached hydrogen (secondary N) is 1. The third kappa shape index (κ3) is 5.24. The largest absolute Gasteiger partial charge is 0.330 e. The van der Waals surface area contributed by atoms with E-state index < -0.39 is 0 Å². The Morgan fingerprint density at radius 2 is 0.857 bits per heavy atom. The number of aliphatic imine (C=N–C) groups is 2. The van der Waals surface area contributed by atoms with Gasteiger partial charge in [0.05, 0.1) is 22.1 Å². The van der Waals surface area contributed by atoms with Crippen LogP contribution in [0.4, 0.5) is 0 Å². The molecule has 5 heteroatoms. The molecule has 264 valence electrons. The lowest BCUT2D eigenvalue weighted by atomic mass is 10.0. The summed E-state index contributed by atoms with van der Waals surface area (Å²) in [5.74, 6) is 1.41. The Hall–Kier alpha value is -7.50. The van der Waals surface area contributed by atoms with E-state index in [1.807, 2.05) is 24.3 Å². The molecule has 1 aliphatic rings. The second-order valence-electron chi connectivity index (χ2n) is 14.3. The van der Waals surface area contributed by atoms with Crippen LogP contribution in [0.2, 0.25) is 0 Å². The molecule has 10 aromatic rings. The highest BCUT2D eigenvalue weighted by molar-refractivity contribution is 6.27. The van der Waals surface area contributed by atoms with Crippen LogP contribution in [0, 0.1) is 0 Å². The van der Waals surface area contributed by atoms with Gasteiger partial charge in [-0.2, -0.15) is 4.99 Å². The maximum Gasteiger partial charge on any atom is 0.212 e. The van der Waals surface area contributed by atoms with Gasteiger partial charge in [-0.1, -0.05) is 164 Å². The summed E-state index contributed by atoms with van der Waals surface area (Å²) in [7, 11) is 0. The van der Waals surface area contributed by atoms with Gasteiger partial charge in [0.15, 0.2) is 5.84 Å². The third-order valence-electron chi connectivity index (χ3n) is 11.0. The standard InChI is InChI=1S/C51H35N5/c1-6-16-34(17-7-1)38-26-30-45-43(32-38)41-28-29-42-44-33-39(35-18-8-2-9-19-35)27-31-46(44)56(48(42)47(41)55(45)40-24-14-5-15-25-40)51-53-49(36-20-10-3-11-21-36)52-50(54-51)37-22-12-4-13-23-37/h1-33,49H,(H,52,53,54). The highest BCUT2D eigenvalue weighted by atomic mass is 15.3. The van der Waals surface area contributed by atoms with E-state index in [9.17, 15) is 0 Å². The fourth-order valence-electron chi connectivity index (χ4n) is 8.36. The number of hydrogen-bond donors (Lipinski definition) is 1. The van der Waals surface area contributed by atoms with Crippen LogP contribution in [0.3, 0.4) is 0 Å². The maximum absolute atomic E-state index is 5.38. The number of amidine groups is 1. The van der Waals surface area contributed by atoms with Gasteiger partial charge in [0.2, 0.25) is 5.96 Å². The van der Waals surface area contributed by atoms with Crippen molar-refractivity contribution in [2.45, 2.75) is 6.17 Å². The summed E-state index contributed by atoms with van der Waals surface area (Å²) < 4.78 is 4.77. The van der Waals surface area contributed by atoms with E-state index in [0.29, 0.717) is 5.84 Å². The van der Waals surface area contributed by atoms with Gasteiger partial charge in [-0.05, 0) is 64.2 Å². The molecule has 11 rings (SSSR count). The van der Waals surface area contributed by atoms with Crippen LogP contribution in [-0.2, 0) is 0 Å². The first-order valence-corrected chi connectivity index (χ1v) is 19.0. The molecule has 0 spiro atoms. The molecule has 1 atom stereocenters. The molecule has 5 nitrogen and oxygen atoms in total. The van der Waals surface area contributed by atoms with Gasteiger partial charge in [-0.25, -0.2) is 4.99 Å². The highest BCUT2D eigenvalue weighted by Gasteiger charge is 2.27. The van der Waals surface area contributed by atoms with Crippen molar-refractivity contribution in [3.63, 3.8) is 0 Å². The third-order valence-corrected chi connectivity index (χ3v) is 11.0. The van der Waals surface area contributed by atoms with Crippen LogP contribution in [0.15, 0.2) is 210 Å². The summed E-state index contributed by atoms with van der Waals surface area (Å²) in [6.45, 7) is 0. The average molecular weight is 718 g/mol. The first kappa shape index (κ1) is 32.0. The van der Waals surface area contributed by atoms with E-state index in [4.69, 9.17) is 9.98 Å². The molecule has 0 saturated heterocycles. The second-order valence-corrected chi connectivity index (χ2v) is 14.3. The second kappa shape index (κ2) is 13.1. The van der Waals surface area contributed by atoms with Gasteiger partial charge < -0.3 is 9.88 Å². The van der Waals surface area contributed by atoms with Crippen molar-refractivity contribution in [3.8, 4) is 27.9 Å². The zero-order valence-electron chi connectivity index (χ0n) is 30.4. The first-order valence-electron chi connectivity index (χ1n) is 19.0. The van der Waals surface area contributed by atoms with Crippen molar-refractivity contribution >= 4 is 55.4 Å².